The Morgan fingerprint density at radius 2 is 0.600 bits per heavy atom. The first-order valence-corrected chi connectivity index (χ1v) is 23.0. The molecule has 0 radical (unpaired) electrons. The zero-order chi connectivity index (χ0) is 36.4. The average molecular weight is 707 g/mol. The molecular formula is C46H90O4. The lowest BCUT2D eigenvalue weighted by Crippen LogP contribution is -2.18. The van der Waals surface area contributed by atoms with Crippen LogP contribution in [0.5, 0.6) is 0 Å². The number of aliphatic carboxylic acids is 1. The van der Waals surface area contributed by atoms with Crippen LogP contribution in [0.15, 0.2) is 0 Å². The minimum Gasteiger partial charge on any atom is -0.481 e. The van der Waals surface area contributed by atoms with Gasteiger partial charge in [0.25, 0.3) is 0 Å². The topological polar surface area (TPSA) is 63.6 Å². The molecule has 0 aromatic heterocycles. The fourth-order valence-electron chi connectivity index (χ4n) is 7.42. The van der Waals surface area contributed by atoms with Crippen molar-refractivity contribution in [3.8, 4) is 0 Å². The molecule has 0 spiro atoms. The van der Waals surface area contributed by atoms with Crippen molar-refractivity contribution >= 4 is 11.9 Å². The number of hydrogen-bond donors (Lipinski definition) is 1. The molecule has 0 bridgehead atoms. The van der Waals surface area contributed by atoms with Crippen LogP contribution in [-0.4, -0.2) is 23.1 Å². The van der Waals surface area contributed by atoms with Gasteiger partial charge in [0.05, 0.1) is 0 Å². The van der Waals surface area contributed by atoms with E-state index in [9.17, 15) is 9.59 Å². The molecule has 1 N–H and O–H groups in total. The van der Waals surface area contributed by atoms with Gasteiger partial charge in [-0.3, -0.25) is 9.59 Å². The van der Waals surface area contributed by atoms with Crippen LogP contribution >= 0.6 is 0 Å². The summed E-state index contributed by atoms with van der Waals surface area (Å²) in [4.78, 5) is 23.5. The molecule has 4 heteroatoms. The number of carbonyl (C=O) groups excluding carboxylic acids is 1. The predicted molar refractivity (Wildman–Crippen MR) is 218 cm³/mol. The van der Waals surface area contributed by atoms with E-state index >= 15 is 0 Å². The normalized spacial score (nSPS) is 12.0. The molecule has 1 unspecified atom stereocenters. The van der Waals surface area contributed by atoms with E-state index in [1.54, 1.807) is 0 Å². The third-order valence-corrected chi connectivity index (χ3v) is 10.8. The van der Waals surface area contributed by atoms with Crippen LogP contribution in [0.3, 0.4) is 0 Å². The molecule has 0 aliphatic rings. The summed E-state index contributed by atoms with van der Waals surface area (Å²) < 4.78 is 6.04. The lowest BCUT2D eigenvalue weighted by Gasteiger charge is -2.18. The molecule has 298 valence electrons. The third kappa shape index (κ3) is 41.4. The third-order valence-electron chi connectivity index (χ3n) is 10.8. The zero-order valence-corrected chi connectivity index (χ0v) is 34.2. The number of carbonyl (C=O) groups is 2. The summed E-state index contributed by atoms with van der Waals surface area (Å²) in [5.74, 6) is -0.682. The molecule has 0 aromatic carbocycles. The largest absolute Gasteiger partial charge is 0.481 e. The van der Waals surface area contributed by atoms with Crippen LogP contribution in [0.4, 0.5) is 0 Å². The Balaban J connectivity index is 3.94. The minimum atomic E-state index is -0.694. The maximum atomic E-state index is 12.7. The Labute approximate surface area is 313 Å². The van der Waals surface area contributed by atoms with E-state index < -0.39 is 5.97 Å². The smallest absolute Gasteiger partial charge is 0.306 e. The molecule has 0 aliphatic carbocycles. The van der Waals surface area contributed by atoms with Crippen molar-refractivity contribution in [3.63, 3.8) is 0 Å². The standard InChI is InChI=1S/C46H90O4/c1-3-5-7-9-11-13-15-17-19-21-23-25-27-29-32-36-40-44(41-37-33-31-34-38-42-45(47)48)50-46(49)43-39-35-30-28-26-24-22-20-18-16-14-12-10-8-6-4-2/h44H,3-43H2,1-2H3,(H,47,48). The van der Waals surface area contributed by atoms with E-state index in [1.807, 2.05) is 0 Å². The molecule has 0 fully saturated rings. The van der Waals surface area contributed by atoms with Gasteiger partial charge in [-0.25, -0.2) is 0 Å². The zero-order valence-electron chi connectivity index (χ0n) is 34.2. The summed E-state index contributed by atoms with van der Waals surface area (Å²) in [5.41, 5.74) is 0. The Kier molecular flexibility index (Phi) is 41.5. The molecule has 0 saturated carbocycles. The maximum Gasteiger partial charge on any atom is 0.306 e. The van der Waals surface area contributed by atoms with Gasteiger partial charge in [0, 0.05) is 12.8 Å². The van der Waals surface area contributed by atoms with Crippen LogP contribution in [0.25, 0.3) is 0 Å². The van der Waals surface area contributed by atoms with Crippen molar-refractivity contribution in [1.29, 1.82) is 0 Å². The monoisotopic (exact) mass is 707 g/mol. The van der Waals surface area contributed by atoms with E-state index in [1.165, 1.54) is 186 Å². The van der Waals surface area contributed by atoms with E-state index in [4.69, 9.17) is 9.84 Å². The molecule has 0 heterocycles. The van der Waals surface area contributed by atoms with Crippen molar-refractivity contribution in [2.45, 2.75) is 283 Å². The van der Waals surface area contributed by atoms with Gasteiger partial charge in [0.15, 0.2) is 0 Å². The number of unbranched alkanes of at least 4 members (excludes halogenated alkanes) is 34. The lowest BCUT2D eigenvalue weighted by molar-refractivity contribution is -0.150. The molecule has 1 atom stereocenters. The summed E-state index contributed by atoms with van der Waals surface area (Å²) >= 11 is 0. The van der Waals surface area contributed by atoms with Gasteiger partial charge >= 0.3 is 11.9 Å². The van der Waals surface area contributed by atoms with Crippen LogP contribution in [0.1, 0.15) is 277 Å². The minimum absolute atomic E-state index is 0.0123. The van der Waals surface area contributed by atoms with Gasteiger partial charge in [-0.1, -0.05) is 226 Å². The number of hydrogen-bond acceptors (Lipinski definition) is 3. The van der Waals surface area contributed by atoms with Crippen LogP contribution in [0.2, 0.25) is 0 Å². The molecule has 0 rings (SSSR count). The fourth-order valence-corrected chi connectivity index (χ4v) is 7.42. The van der Waals surface area contributed by atoms with Crippen LogP contribution in [0, 0.1) is 0 Å². The first-order valence-electron chi connectivity index (χ1n) is 23.0. The highest BCUT2D eigenvalue weighted by Crippen LogP contribution is 2.20. The number of ether oxygens (including phenoxy) is 1. The maximum absolute atomic E-state index is 12.7. The highest BCUT2D eigenvalue weighted by molar-refractivity contribution is 5.69. The summed E-state index contributed by atoms with van der Waals surface area (Å²) in [6.07, 6.45) is 51.4. The van der Waals surface area contributed by atoms with Crippen molar-refractivity contribution < 1.29 is 19.4 Å². The first-order chi connectivity index (χ1) is 24.6. The summed E-state index contributed by atoms with van der Waals surface area (Å²) in [5, 5.41) is 8.85. The molecule has 4 nitrogen and oxygen atoms in total. The van der Waals surface area contributed by atoms with Gasteiger partial charge in [-0.2, -0.15) is 0 Å². The quantitative estimate of drug-likeness (QED) is 0.0506. The second-order valence-corrected chi connectivity index (χ2v) is 16.0. The van der Waals surface area contributed by atoms with Crippen molar-refractivity contribution in [2.75, 3.05) is 0 Å². The number of carboxylic acid groups (broad SMARTS) is 1. The van der Waals surface area contributed by atoms with Gasteiger partial charge in [-0.15, -0.1) is 0 Å². The van der Waals surface area contributed by atoms with E-state index in [2.05, 4.69) is 13.8 Å². The first kappa shape index (κ1) is 48.9. The highest BCUT2D eigenvalue weighted by Gasteiger charge is 2.14. The molecule has 50 heavy (non-hydrogen) atoms. The Morgan fingerprint density at radius 1 is 0.360 bits per heavy atom. The fraction of sp³-hybridized carbons (Fsp3) is 0.957. The molecule has 0 saturated heterocycles. The molecule has 0 aromatic rings. The summed E-state index contributed by atoms with van der Waals surface area (Å²) in [6, 6.07) is 0. The van der Waals surface area contributed by atoms with E-state index in [0.717, 1.165) is 64.2 Å². The second kappa shape index (κ2) is 42.4. The molecular weight excluding hydrogens is 617 g/mol. The summed E-state index contributed by atoms with van der Waals surface area (Å²) in [6.45, 7) is 4.58. The van der Waals surface area contributed by atoms with Gasteiger partial charge in [-0.05, 0) is 38.5 Å². The van der Waals surface area contributed by atoms with Crippen molar-refractivity contribution in [3.05, 3.63) is 0 Å². The van der Waals surface area contributed by atoms with Gasteiger partial charge < -0.3 is 9.84 Å². The van der Waals surface area contributed by atoms with Gasteiger partial charge in [0.1, 0.15) is 6.10 Å². The number of carboxylic acids is 1. The van der Waals surface area contributed by atoms with Crippen LogP contribution in [-0.2, 0) is 14.3 Å². The van der Waals surface area contributed by atoms with E-state index in [0.29, 0.717) is 6.42 Å². The Hall–Kier alpha value is -1.06. The Morgan fingerprint density at radius 3 is 0.880 bits per heavy atom. The summed E-state index contributed by atoms with van der Waals surface area (Å²) in [7, 11) is 0. The van der Waals surface area contributed by atoms with E-state index in [-0.39, 0.29) is 18.5 Å². The van der Waals surface area contributed by atoms with Gasteiger partial charge in [0.2, 0.25) is 0 Å². The molecule has 0 amide bonds. The average Bonchev–Trinajstić information content (AvgIpc) is 3.10. The number of esters is 1. The predicted octanol–water partition coefficient (Wildman–Crippen LogP) is 16.0. The van der Waals surface area contributed by atoms with Crippen molar-refractivity contribution in [1.82, 2.24) is 0 Å². The molecule has 0 aliphatic heterocycles. The second-order valence-electron chi connectivity index (χ2n) is 16.0. The van der Waals surface area contributed by atoms with Crippen molar-refractivity contribution in [2.24, 2.45) is 0 Å². The number of rotatable bonds is 43. The highest BCUT2D eigenvalue weighted by atomic mass is 16.5. The Bertz CT molecular complexity index is 677. The SMILES string of the molecule is CCCCCCCCCCCCCCCCCCC(=O)OC(CCCCCCCCCCCCCCCCCC)CCCCCCCC(=O)O. The lowest BCUT2D eigenvalue weighted by atomic mass is 10.0. The van der Waals surface area contributed by atoms with Crippen LogP contribution < -0.4 is 0 Å².